The summed E-state index contributed by atoms with van der Waals surface area (Å²) in [5.41, 5.74) is 1.93. The molecule has 0 aromatic heterocycles. The van der Waals surface area contributed by atoms with Crippen LogP contribution in [0.1, 0.15) is 51.2 Å². The topological polar surface area (TPSA) is 96.0 Å². The number of ether oxygens (including phenoxy) is 3. The molecule has 7 heteroatoms. The molecular weight excluding hydrogens is 412 g/mol. The van der Waals surface area contributed by atoms with E-state index in [-0.39, 0.29) is 24.1 Å². The molecule has 0 aliphatic heterocycles. The van der Waals surface area contributed by atoms with E-state index in [0.717, 1.165) is 11.1 Å². The summed E-state index contributed by atoms with van der Waals surface area (Å²) in [4.78, 5) is 45.9. The zero-order chi connectivity index (χ0) is 23.5. The molecule has 0 fully saturated rings. The van der Waals surface area contributed by atoms with E-state index in [1.165, 1.54) is 20.8 Å². The molecule has 170 valence electrons. The summed E-state index contributed by atoms with van der Waals surface area (Å²) in [5.74, 6) is -0.256. The van der Waals surface area contributed by atoms with Crippen LogP contribution in [0.15, 0.2) is 48.5 Å². The molecule has 0 aliphatic carbocycles. The zero-order valence-corrected chi connectivity index (χ0v) is 18.6. The first-order chi connectivity index (χ1) is 15.2. The Kier molecular flexibility index (Phi) is 9.60. The van der Waals surface area contributed by atoms with Crippen molar-refractivity contribution in [3.63, 3.8) is 0 Å². The van der Waals surface area contributed by atoms with Gasteiger partial charge in [0.1, 0.15) is 23.4 Å². The third-order valence-corrected chi connectivity index (χ3v) is 4.61. The van der Waals surface area contributed by atoms with Gasteiger partial charge in [-0.15, -0.1) is 0 Å². The molecule has 7 nitrogen and oxygen atoms in total. The van der Waals surface area contributed by atoms with Crippen LogP contribution < -0.4 is 9.47 Å². The third-order valence-electron chi connectivity index (χ3n) is 4.61. The Labute approximate surface area is 187 Å². The van der Waals surface area contributed by atoms with E-state index < -0.39 is 12.1 Å². The molecule has 1 unspecified atom stereocenters. The second-order valence-corrected chi connectivity index (χ2v) is 7.49. The van der Waals surface area contributed by atoms with E-state index >= 15 is 0 Å². The van der Waals surface area contributed by atoms with Crippen LogP contribution in [-0.4, -0.2) is 29.8 Å². The van der Waals surface area contributed by atoms with Gasteiger partial charge in [-0.05, 0) is 54.7 Å². The van der Waals surface area contributed by atoms with Crippen molar-refractivity contribution in [2.24, 2.45) is 0 Å². The molecule has 0 saturated carbocycles. The maximum absolute atomic E-state index is 12.5. The lowest BCUT2D eigenvalue weighted by atomic mass is 10.00. The summed E-state index contributed by atoms with van der Waals surface area (Å²) >= 11 is 0. The van der Waals surface area contributed by atoms with E-state index in [9.17, 15) is 19.2 Å². The van der Waals surface area contributed by atoms with Crippen LogP contribution in [0, 0.1) is 0 Å². The summed E-state index contributed by atoms with van der Waals surface area (Å²) in [6.45, 7) is 4.01. The number of ketones is 1. The number of benzene rings is 2. The Bertz CT molecular complexity index is 930. The van der Waals surface area contributed by atoms with E-state index in [1.54, 1.807) is 24.3 Å². The van der Waals surface area contributed by atoms with Gasteiger partial charge in [-0.1, -0.05) is 24.3 Å². The van der Waals surface area contributed by atoms with E-state index in [1.807, 2.05) is 24.3 Å². The molecule has 0 spiro atoms. The summed E-state index contributed by atoms with van der Waals surface area (Å²) < 4.78 is 15.4. The normalized spacial score (nSPS) is 11.3. The summed E-state index contributed by atoms with van der Waals surface area (Å²) in [5, 5.41) is 0. The number of Topliss-reactive ketones (excluding diaryl/α,β-unsaturated/α-hetero) is 1. The van der Waals surface area contributed by atoms with Crippen molar-refractivity contribution in [3.05, 3.63) is 59.7 Å². The van der Waals surface area contributed by atoms with Gasteiger partial charge in [0.2, 0.25) is 0 Å². The van der Waals surface area contributed by atoms with Gasteiger partial charge in [0.05, 0.1) is 0 Å². The number of aryl methyl sites for hydroxylation is 2. The van der Waals surface area contributed by atoms with Crippen molar-refractivity contribution >= 4 is 23.7 Å². The Morgan fingerprint density at radius 1 is 0.688 bits per heavy atom. The molecular formula is C25H28O7. The van der Waals surface area contributed by atoms with Crippen molar-refractivity contribution in [1.82, 2.24) is 0 Å². The van der Waals surface area contributed by atoms with Gasteiger partial charge < -0.3 is 14.2 Å². The van der Waals surface area contributed by atoms with Crippen LogP contribution in [-0.2, 0) is 36.8 Å². The summed E-state index contributed by atoms with van der Waals surface area (Å²) in [6.07, 6.45) is 1.64. The van der Waals surface area contributed by atoms with E-state index in [0.29, 0.717) is 37.2 Å². The lowest BCUT2D eigenvalue weighted by Gasteiger charge is -2.16. The van der Waals surface area contributed by atoms with Crippen molar-refractivity contribution < 1.29 is 33.4 Å². The van der Waals surface area contributed by atoms with Gasteiger partial charge in [-0.25, -0.2) is 0 Å². The maximum atomic E-state index is 12.5. The molecule has 0 heterocycles. The van der Waals surface area contributed by atoms with Crippen LogP contribution in [0.5, 0.6) is 11.5 Å². The number of hydrogen-bond acceptors (Lipinski definition) is 7. The fourth-order valence-corrected chi connectivity index (χ4v) is 3.19. The highest BCUT2D eigenvalue weighted by atomic mass is 16.5. The minimum atomic E-state index is -0.500. The Morgan fingerprint density at radius 2 is 1.16 bits per heavy atom. The average molecular weight is 440 g/mol. The maximum Gasteiger partial charge on any atom is 0.308 e. The van der Waals surface area contributed by atoms with E-state index in [2.05, 4.69) is 0 Å². The molecule has 0 N–H and O–H groups in total. The Balaban J connectivity index is 1.85. The van der Waals surface area contributed by atoms with Crippen molar-refractivity contribution in [2.75, 3.05) is 0 Å². The van der Waals surface area contributed by atoms with Gasteiger partial charge in [-0.2, -0.15) is 0 Å². The largest absolute Gasteiger partial charge is 0.462 e. The zero-order valence-electron chi connectivity index (χ0n) is 18.6. The Hall–Kier alpha value is -3.48. The van der Waals surface area contributed by atoms with Crippen LogP contribution in [0.2, 0.25) is 0 Å². The molecule has 2 aromatic carbocycles. The fraction of sp³-hybridized carbons (Fsp3) is 0.360. The molecule has 0 aliphatic rings. The van der Waals surface area contributed by atoms with Crippen LogP contribution in [0.4, 0.5) is 0 Å². The fourth-order valence-electron chi connectivity index (χ4n) is 3.19. The number of hydrogen-bond donors (Lipinski definition) is 0. The first kappa shape index (κ1) is 24.8. The number of carbonyl (C=O) groups is 4. The molecule has 2 aromatic rings. The second-order valence-electron chi connectivity index (χ2n) is 7.49. The van der Waals surface area contributed by atoms with Crippen molar-refractivity contribution in [1.29, 1.82) is 0 Å². The van der Waals surface area contributed by atoms with Crippen molar-refractivity contribution in [2.45, 2.75) is 59.0 Å². The predicted molar refractivity (Wildman–Crippen MR) is 117 cm³/mol. The summed E-state index contributed by atoms with van der Waals surface area (Å²) in [6, 6.07) is 14.1. The quantitative estimate of drug-likeness (QED) is 0.385. The van der Waals surface area contributed by atoms with Crippen molar-refractivity contribution in [3.8, 4) is 11.5 Å². The first-order valence-electron chi connectivity index (χ1n) is 10.4. The van der Waals surface area contributed by atoms with Gasteiger partial charge in [0.15, 0.2) is 0 Å². The minimum Gasteiger partial charge on any atom is -0.462 e. The minimum absolute atomic E-state index is 0.00511. The lowest BCUT2D eigenvalue weighted by Crippen LogP contribution is -2.21. The number of esters is 3. The molecule has 2 rings (SSSR count). The van der Waals surface area contributed by atoms with Gasteiger partial charge in [-0.3, -0.25) is 19.2 Å². The monoisotopic (exact) mass is 440 g/mol. The summed E-state index contributed by atoms with van der Waals surface area (Å²) in [7, 11) is 0. The second kappa shape index (κ2) is 12.4. The van der Waals surface area contributed by atoms with Crippen LogP contribution in [0.3, 0.4) is 0 Å². The predicted octanol–water partition coefficient (Wildman–Crippen LogP) is 3.99. The van der Waals surface area contributed by atoms with Gasteiger partial charge >= 0.3 is 17.9 Å². The molecule has 0 amide bonds. The van der Waals surface area contributed by atoms with Crippen LogP contribution >= 0.6 is 0 Å². The smallest absolute Gasteiger partial charge is 0.308 e. The van der Waals surface area contributed by atoms with E-state index in [4.69, 9.17) is 14.2 Å². The molecule has 0 bridgehead atoms. The Morgan fingerprint density at radius 3 is 1.59 bits per heavy atom. The lowest BCUT2D eigenvalue weighted by molar-refractivity contribution is -0.148. The van der Waals surface area contributed by atoms with Gasteiger partial charge in [0.25, 0.3) is 0 Å². The highest BCUT2D eigenvalue weighted by Gasteiger charge is 2.17. The standard InChI is InChI=1S/C25H28O7/c1-17(26)30-23-11-5-20(6-12-23)4-10-22(29)16-25(32-19(3)28)15-9-21-7-13-24(14-8-21)31-18(2)27/h5-8,11-14,25H,4,9-10,15-16H2,1-3H3. The van der Waals surface area contributed by atoms with Gasteiger partial charge in [0, 0.05) is 33.6 Å². The highest BCUT2D eigenvalue weighted by Crippen LogP contribution is 2.18. The average Bonchev–Trinajstić information content (AvgIpc) is 2.71. The van der Waals surface area contributed by atoms with Crippen LogP contribution in [0.25, 0.3) is 0 Å². The SMILES string of the molecule is CC(=O)Oc1ccc(CCC(=O)CC(CCc2ccc(OC(C)=O)cc2)OC(C)=O)cc1. The highest BCUT2D eigenvalue weighted by molar-refractivity contribution is 5.79. The first-order valence-corrected chi connectivity index (χ1v) is 10.4. The number of rotatable bonds is 11. The number of carbonyl (C=O) groups excluding carboxylic acids is 4. The molecule has 32 heavy (non-hydrogen) atoms. The third kappa shape index (κ3) is 9.55. The molecule has 0 radical (unpaired) electrons. The molecule has 1 atom stereocenters. The molecule has 0 saturated heterocycles.